The summed E-state index contributed by atoms with van der Waals surface area (Å²) in [6, 6.07) is 0. The number of hydrogen-bond acceptors (Lipinski definition) is 2. The SMILES string of the molecule is O=C(O)C/C=C1/CCCNC1. The number of nitrogens with one attached hydrogen (secondary N) is 1. The molecule has 2 N–H and O–H groups in total. The van der Waals surface area contributed by atoms with Gasteiger partial charge in [0.2, 0.25) is 0 Å². The second-order valence-electron chi connectivity index (χ2n) is 2.74. The molecule has 0 aromatic heterocycles. The largest absolute Gasteiger partial charge is 0.481 e. The zero-order valence-electron chi connectivity index (χ0n) is 6.47. The second kappa shape index (κ2) is 4.13. The van der Waals surface area contributed by atoms with Gasteiger partial charge in [-0.3, -0.25) is 4.79 Å². The predicted molar refractivity (Wildman–Crippen MR) is 42.4 cm³/mol. The molecule has 0 bridgehead atoms. The quantitative estimate of drug-likeness (QED) is 0.579. The Balaban J connectivity index is 2.32. The third-order valence-electron chi connectivity index (χ3n) is 1.77. The Bertz CT molecular complexity index is 167. The van der Waals surface area contributed by atoms with Crippen molar-refractivity contribution in [2.24, 2.45) is 0 Å². The van der Waals surface area contributed by atoms with Gasteiger partial charge in [0, 0.05) is 6.54 Å². The molecule has 0 aromatic rings. The van der Waals surface area contributed by atoms with Crippen molar-refractivity contribution in [3.05, 3.63) is 11.6 Å². The van der Waals surface area contributed by atoms with Gasteiger partial charge in [-0.1, -0.05) is 11.6 Å². The molecule has 1 aliphatic heterocycles. The van der Waals surface area contributed by atoms with Crippen LogP contribution in [-0.2, 0) is 4.79 Å². The highest BCUT2D eigenvalue weighted by atomic mass is 16.4. The molecule has 62 valence electrons. The zero-order chi connectivity index (χ0) is 8.10. The van der Waals surface area contributed by atoms with Gasteiger partial charge in [0.25, 0.3) is 0 Å². The van der Waals surface area contributed by atoms with Crippen LogP contribution in [0.4, 0.5) is 0 Å². The van der Waals surface area contributed by atoms with Crippen molar-refractivity contribution < 1.29 is 9.90 Å². The van der Waals surface area contributed by atoms with E-state index in [1.54, 1.807) is 0 Å². The first kappa shape index (κ1) is 8.27. The number of aliphatic carboxylic acids is 1. The Labute approximate surface area is 66.1 Å². The third kappa shape index (κ3) is 3.18. The van der Waals surface area contributed by atoms with Crippen LogP contribution >= 0.6 is 0 Å². The van der Waals surface area contributed by atoms with E-state index >= 15 is 0 Å². The number of carboxylic acids is 1. The maximum absolute atomic E-state index is 10.2. The van der Waals surface area contributed by atoms with Crippen LogP contribution in [0.25, 0.3) is 0 Å². The Kier molecular flexibility index (Phi) is 3.11. The van der Waals surface area contributed by atoms with Crippen molar-refractivity contribution in [1.82, 2.24) is 5.32 Å². The van der Waals surface area contributed by atoms with E-state index in [1.807, 2.05) is 6.08 Å². The van der Waals surface area contributed by atoms with E-state index in [0.29, 0.717) is 0 Å². The van der Waals surface area contributed by atoms with Crippen molar-refractivity contribution in [3.63, 3.8) is 0 Å². The highest BCUT2D eigenvalue weighted by molar-refractivity contribution is 5.68. The van der Waals surface area contributed by atoms with Gasteiger partial charge in [0.15, 0.2) is 0 Å². The van der Waals surface area contributed by atoms with Gasteiger partial charge < -0.3 is 10.4 Å². The molecule has 0 aromatic carbocycles. The topological polar surface area (TPSA) is 49.3 Å². The van der Waals surface area contributed by atoms with Crippen molar-refractivity contribution in [2.45, 2.75) is 19.3 Å². The van der Waals surface area contributed by atoms with Crippen LogP contribution in [0.15, 0.2) is 11.6 Å². The van der Waals surface area contributed by atoms with Gasteiger partial charge in [-0.15, -0.1) is 0 Å². The Morgan fingerprint density at radius 3 is 3.09 bits per heavy atom. The van der Waals surface area contributed by atoms with Crippen LogP contribution in [0.3, 0.4) is 0 Å². The third-order valence-corrected chi connectivity index (χ3v) is 1.77. The summed E-state index contributed by atoms with van der Waals surface area (Å²) in [5.74, 6) is -0.747. The van der Waals surface area contributed by atoms with Crippen LogP contribution in [0.2, 0.25) is 0 Å². The predicted octanol–water partition coefficient (Wildman–Crippen LogP) is 0.771. The molecule has 0 saturated carbocycles. The standard InChI is InChI=1S/C8H13NO2/c10-8(11)4-3-7-2-1-5-9-6-7/h3,9H,1-2,4-6H2,(H,10,11)/b7-3-. The van der Waals surface area contributed by atoms with Crippen molar-refractivity contribution in [1.29, 1.82) is 0 Å². The second-order valence-corrected chi connectivity index (χ2v) is 2.74. The molecule has 3 nitrogen and oxygen atoms in total. The van der Waals surface area contributed by atoms with E-state index < -0.39 is 5.97 Å². The van der Waals surface area contributed by atoms with Gasteiger partial charge in [-0.25, -0.2) is 0 Å². The van der Waals surface area contributed by atoms with Gasteiger partial charge in [0.05, 0.1) is 6.42 Å². The summed E-state index contributed by atoms with van der Waals surface area (Å²) >= 11 is 0. The molecule has 0 aliphatic carbocycles. The molecule has 1 saturated heterocycles. The summed E-state index contributed by atoms with van der Waals surface area (Å²) in [6.45, 7) is 1.93. The Morgan fingerprint density at radius 1 is 1.73 bits per heavy atom. The minimum Gasteiger partial charge on any atom is -0.481 e. The first-order valence-electron chi connectivity index (χ1n) is 3.89. The highest BCUT2D eigenvalue weighted by Crippen LogP contribution is 2.08. The highest BCUT2D eigenvalue weighted by Gasteiger charge is 2.03. The maximum Gasteiger partial charge on any atom is 0.307 e. The monoisotopic (exact) mass is 155 g/mol. The lowest BCUT2D eigenvalue weighted by Crippen LogP contribution is -2.23. The smallest absolute Gasteiger partial charge is 0.307 e. The summed E-state index contributed by atoms with van der Waals surface area (Å²) in [5.41, 5.74) is 1.23. The van der Waals surface area contributed by atoms with Crippen LogP contribution in [0.5, 0.6) is 0 Å². The Morgan fingerprint density at radius 2 is 2.55 bits per heavy atom. The van der Waals surface area contributed by atoms with Crippen LogP contribution in [0.1, 0.15) is 19.3 Å². The van der Waals surface area contributed by atoms with Gasteiger partial charge in [-0.05, 0) is 19.4 Å². The van der Waals surface area contributed by atoms with Gasteiger partial charge in [0.1, 0.15) is 0 Å². The number of hydrogen-bond donors (Lipinski definition) is 2. The van der Waals surface area contributed by atoms with Crippen LogP contribution in [-0.4, -0.2) is 24.2 Å². The van der Waals surface area contributed by atoms with Gasteiger partial charge >= 0.3 is 5.97 Å². The lowest BCUT2D eigenvalue weighted by molar-refractivity contribution is -0.136. The molecule has 0 unspecified atom stereocenters. The summed E-state index contributed by atoms with van der Waals surface area (Å²) in [4.78, 5) is 10.2. The van der Waals surface area contributed by atoms with E-state index in [1.165, 1.54) is 5.57 Å². The number of rotatable bonds is 2. The van der Waals surface area contributed by atoms with E-state index in [9.17, 15) is 4.79 Å². The molecule has 11 heavy (non-hydrogen) atoms. The molecular formula is C8H13NO2. The fourth-order valence-electron chi connectivity index (χ4n) is 1.18. The summed E-state index contributed by atoms with van der Waals surface area (Å²) in [7, 11) is 0. The summed E-state index contributed by atoms with van der Waals surface area (Å²) < 4.78 is 0. The van der Waals surface area contributed by atoms with Crippen molar-refractivity contribution in [3.8, 4) is 0 Å². The summed E-state index contributed by atoms with van der Waals surface area (Å²) in [6.07, 6.45) is 4.16. The molecule has 0 radical (unpaired) electrons. The Hall–Kier alpha value is -0.830. The van der Waals surface area contributed by atoms with E-state index in [-0.39, 0.29) is 6.42 Å². The summed E-state index contributed by atoms with van der Waals surface area (Å²) in [5, 5.41) is 11.6. The normalized spacial score (nSPS) is 22.0. The minimum atomic E-state index is -0.747. The average molecular weight is 155 g/mol. The minimum absolute atomic E-state index is 0.164. The van der Waals surface area contributed by atoms with Crippen LogP contribution < -0.4 is 5.32 Å². The lowest BCUT2D eigenvalue weighted by atomic mass is 10.1. The molecule has 1 rings (SSSR count). The zero-order valence-corrected chi connectivity index (χ0v) is 6.47. The average Bonchev–Trinajstić information content (AvgIpc) is 2.03. The van der Waals surface area contributed by atoms with E-state index in [4.69, 9.17) is 5.11 Å². The number of carbonyl (C=O) groups is 1. The number of carboxylic acid groups (broad SMARTS) is 1. The number of piperidine rings is 1. The van der Waals surface area contributed by atoms with Crippen molar-refractivity contribution >= 4 is 5.97 Å². The van der Waals surface area contributed by atoms with Crippen LogP contribution in [0, 0.1) is 0 Å². The van der Waals surface area contributed by atoms with Crippen molar-refractivity contribution in [2.75, 3.05) is 13.1 Å². The fourth-order valence-corrected chi connectivity index (χ4v) is 1.18. The molecule has 0 spiro atoms. The molecule has 0 atom stereocenters. The fraction of sp³-hybridized carbons (Fsp3) is 0.625. The molecule has 1 fully saturated rings. The van der Waals surface area contributed by atoms with E-state index in [2.05, 4.69) is 5.32 Å². The first-order chi connectivity index (χ1) is 5.29. The molecule has 3 heteroatoms. The first-order valence-corrected chi connectivity index (χ1v) is 3.89. The molecule has 1 heterocycles. The molecular weight excluding hydrogens is 142 g/mol. The van der Waals surface area contributed by atoms with Gasteiger partial charge in [-0.2, -0.15) is 0 Å². The molecule has 1 aliphatic rings. The molecule has 0 amide bonds. The maximum atomic E-state index is 10.2. The van der Waals surface area contributed by atoms with E-state index in [0.717, 1.165) is 25.9 Å². The lowest BCUT2D eigenvalue weighted by Gasteiger charge is -2.14.